The monoisotopic (exact) mass is 251 g/mol. The smallest absolute Gasteiger partial charge is 0.222 e. The van der Waals surface area contributed by atoms with Gasteiger partial charge in [0.15, 0.2) is 11.6 Å². The number of ether oxygens (including phenoxy) is 1. The van der Waals surface area contributed by atoms with Crippen molar-refractivity contribution in [1.82, 2.24) is 4.98 Å². The molecule has 0 saturated heterocycles. The van der Waals surface area contributed by atoms with Crippen molar-refractivity contribution in [2.24, 2.45) is 0 Å². The van der Waals surface area contributed by atoms with E-state index >= 15 is 0 Å². The van der Waals surface area contributed by atoms with E-state index < -0.39 is 11.6 Å². The number of aliphatic hydroxyl groups excluding tert-OH is 1. The Labute approximate surface area is 103 Å². The van der Waals surface area contributed by atoms with Crippen LogP contribution in [0.3, 0.4) is 0 Å². The Hall–Kier alpha value is -2.01. The van der Waals surface area contributed by atoms with Crippen molar-refractivity contribution in [3.8, 4) is 11.6 Å². The molecule has 2 rings (SSSR count). The highest BCUT2D eigenvalue weighted by atomic mass is 19.2. The maximum Gasteiger partial charge on any atom is 0.222 e. The van der Waals surface area contributed by atoms with Crippen molar-refractivity contribution in [2.45, 2.75) is 13.5 Å². The second kappa shape index (κ2) is 5.10. The van der Waals surface area contributed by atoms with Crippen LogP contribution in [0.1, 0.15) is 11.1 Å². The summed E-state index contributed by atoms with van der Waals surface area (Å²) in [6.45, 7) is 1.57. The van der Waals surface area contributed by atoms with E-state index in [-0.39, 0.29) is 18.2 Å². The summed E-state index contributed by atoms with van der Waals surface area (Å²) in [7, 11) is 0. The van der Waals surface area contributed by atoms with Gasteiger partial charge in [0, 0.05) is 11.8 Å². The normalized spacial score (nSPS) is 10.4. The third kappa shape index (κ3) is 2.46. The van der Waals surface area contributed by atoms with E-state index in [2.05, 4.69) is 4.98 Å². The van der Waals surface area contributed by atoms with Gasteiger partial charge in [-0.2, -0.15) is 4.39 Å². The number of hydrogen-bond donors (Lipinski definition) is 1. The first-order valence-corrected chi connectivity index (χ1v) is 5.30. The van der Waals surface area contributed by atoms with E-state index in [1.165, 1.54) is 18.3 Å². The molecule has 0 radical (unpaired) electrons. The molecule has 0 amide bonds. The fourth-order valence-corrected chi connectivity index (χ4v) is 1.48. The van der Waals surface area contributed by atoms with Crippen LogP contribution in [0.2, 0.25) is 0 Å². The predicted molar refractivity (Wildman–Crippen MR) is 61.3 cm³/mol. The zero-order valence-corrected chi connectivity index (χ0v) is 9.65. The first-order chi connectivity index (χ1) is 8.61. The summed E-state index contributed by atoms with van der Waals surface area (Å²) in [5, 5.41) is 8.93. The first-order valence-electron chi connectivity index (χ1n) is 5.30. The first kappa shape index (κ1) is 12.4. The lowest BCUT2D eigenvalue weighted by Gasteiger charge is -2.09. The SMILES string of the molecule is Cc1cc(CO)cnc1Oc1cccc(F)c1F. The summed E-state index contributed by atoms with van der Waals surface area (Å²) in [6, 6.07) is 5.35. The van der Waals surface area contributed by atoms with E-state index in [0.717, 1.165) is 6.07 Å². The summed E-state index contributed by atoms with van der Waals surface area (Å²) in [5.74, 6) is -2.07. The molecule has 0 unspecified atom stereocenters. The Morgan fingerprint density at radius 2 is 2.11 bits per heavy atom. The molecular weight excluding hydrogens is 240 g/mol. The highest BCUT2D eigenvalue weighted by Gasteiger charge is 2.11. The third-order valence-corrected chi connectivity index (χ3v) is 2.39. The number of rotatable bonds is 3. The average Bonchev–Trinajstić information content (AvgIpc) is 2.37. The standard InChI is InChI=1S/C13H11F2NO2/c1-8-5-9(7-17)6-16-13(8)18-11-4-2-3-10(14)12(11)15/h2-6,17H,7H2,1H3. The minimum atomic E-state index is -1.05. The molecule has 0 aliphatic rings. The van der Waals surface area contributed by atoms with Crippen LogP contribution in [0.5, 0.6) is 11.6 Å². The summed E-state index contributed by atoms with van der Waals surface area (Å²) < 4.78 is 31.6. The van der Waals surface area contributed by atoms with E-state index in [9.17, 15) is 8.78 Å². The van der Waals surface area contributed by atoms with Crippen molar-refractivity contribution in [3.05, 3.63) is 53.2 Å². The molecule has 0 fully saturated rings. The van der Waals surface area contributed by atoms with Gasteiger partial charge in [-0.25, -0.2) is 9.37 Å². The molecule has 18 heavy (non-hydrogen) atoms. The highest BCUT2D eigenvalue weighted by molar-refractivity contribution is 5.34. The number of aryl methyl sites for hydroxylation is 1. The second-order valence-corrected chi connectivity index (χ2v) is 3.78. The number of pyridine rings is 1. The largest absolute Gasteiger partial charge is 0.436 e. The molecule has 0 spiro atoms. The topological polar surface area (TPSA) is 42.4 Å². The third-order valence-electron chi connectivity index (χ3n) is 2.39. The quantitative estimate of drug-likeness (QED) is 0.911. The molecule has 5 heteroatoms. The molecule has 3 nitrogen and oxygen atoms in total. The molecule has 2 aromatic rings. The zero-order valence-electron chi connectivity index (χ0n) is 9.65. The lowest BCUT2D eigenvalue weighted by Crippen LogP contribution is -1.97. The number of nitrogens with zero attached hydrogens (tertiary/aromatic N) is 1. The van der Waals surface area contributed by atoms with Gasteiger partial charge in [-0.15, -0.1) is 0 Å². The maximum absolute atomic E-state index is 13.4. The van der Waals surface area contributed by atoms with Gasteiger partial charge >= 0.3 is 0 Å². The molecule has 1 aromatic carbocycles. The Balaban J connectivity index is 2.31. The van der Waals surface area contributed by atoms with Crippen LogP contribution in [0.4, 0.5) is 8.78 Å². The van der Waals surface area contributed by atoms with E-state index in [1.807, 2.05) is 0 Å². The van der Waals surface area contributed by atoms with Crippen molar-refractivity contribution < 1.29 is 18.6 Å². The van der Waals surface area contributed by atoms with Gasteiger partial charge in [-0.3, -0.25) is 0 Å². The fraction of sp³-hybridized carbons (Fsp3) is 0.154. The van der Waals surface area contributed by atoms with Gasteiger partial charge in [0.25, 0.3) is 0 Å². The molecule has 1 N–H and O–H groups in total. The zero-order chi connectivity index (χ0) is 13.1. The molecule has 0 bridgehead atoms. The molecule has 0 saturated carbocycles. The van der Waals surface area contributed by atoms with Crippen LogP contribution < -0.4 is 4.74 Å². The van der Waals surface area contributed by atoms with Gasteiger partial charge in [0.2, 0.25) is 11.7 Å². The Kier molecular flexibility index (Phi) is 3.53. The second-order valence-electron chi connectivity index (χ2n) is 3.78. The minimum absolute atomic E-state index is 0.136. The number of halogens is 2. The van der Waals surface area contributed by atoms with E-state index in [0.29, 0.717) is 11.1 Å². The van der Waals surface area contributed by atoms with Crippen molar-refractivity contribution in [2.75, 3.05) is 0 Å². The molecule has 0 aliphatic heterocycles. The van der Waals surface area contributed by atoms with Crippen LogP contribution in [0, 0.1) is 18.6 Å². The lowest BCUT2D eigenvalue weighted by molar-refractivity contribution is 0.281. The minimum Gasteiger partial charge on any atom is -0.436 e. The number of benzene rings is 1. The lowest BCUT2D eigenvalue weighted by atomic mass is 10.2. The molecule has 1 aromatic heterocycles. The van der Waals surface area contributed by atoms with E-state index in [4.69, 9.17) is 9.84 Å². The van der Waals surface area contributed by atoms with Crippen LogP contribution in [0.25, 0.3) is 0 Å². The maximum atomic E-state index is 13.4. The summed E-state index contributed by atoms with van der Waals surface area (Å²) in [6.07, 6.45) is 1.42. The number of hydrogen-bond acceptors (Lipinski definition) is 3. The average molecular weight is 251 g/mol. The summed E-state index contributed by atoms with van der Waals surface area (Å²) in [5.41, 5.74) is 1.25. The molecular formula is C13H11F2NO2. The van der Waals surface area contributed by atoms with Gasteiger partial charge in [0.05, 0.1) is 6.61 Å². The van der Waals surface area contributed by atoms with Crippen LogP contribution in [0.15, 0.2) is 30.5 Å². The number of aromatic nitrogens is 1. The molecule has 0 atom stereocenters. The Morgan fingerprint density at radius 3 is 2.78 bits per heavy atom. The summed E-state index contributed by atoms with van der Waals surface area (Å²) >= 11 is 0. The molecule has 0 aliphatic carbocycles. The Bertz CT molecular complexity index is 573. The van der Waals surface area contributed by atoms with Gasteiger partial charge in [-0.1, -0.05) is 6.07 Å². The Morgan fingerprint density at radius 1 is 1.33 bits per heavy atom. The van der Waals surface area contributed by atoms with Crippen LogP contribution in [-0.4, -0.2) is 10.1 Å². The van der Waals surface area contributed by atoms with Crippen molar-refractivity contribution in [3.63, 3.8) is 0 Å². The highest BCUT2D eigenvalue weighted by Crippen LogP contribution is 2.26. The van der Waals surface area contributed by atoms with Gasteiger partial charge < -0.3 is 9.84 Å². The van der Waals surface area contributed by atoms with Crippen LogP contribution >= 0.6 is 0 Å². The fourth-order valence-electron chi connectivity index (χ4n) is 1.48. The van der Waals surface area contributed by atoms with Crippen LogP contribution in [-0.2, 0) is 6.61 Å². The number of aliphatic hydroxyl groups is 1. The summed E-state index contributed by atoms with van der Waals surface area (Å²) in [4.78, 5) is 3.94. The molecule has 94 valence electrons. The predicted octanol–water partition coefficient (Wildman–Crippen LogP) is 2.95. The van der Waals surface area contributed by atoms with Gasteiger partial charge in [0.1, 0.15) is 0 Å². The van der Waals surface area contributed by atoms with Crippen molar-refractivity contribution in [1.29, 1.82) is 0 Å². The molecule has 1 heterocycles. The van der Waals surface area contributed by atoms with Crippen molar-refractivity contribution >= 4 is 0 Å². The van der Waals surface area contributed by atoms with Gasteiger partial charge in [-0.05, 0) is 30.7 Å². The van der Waals surface area contributed by atoms with E-state index in [1.54, 1.807) is 13.0 Å².